The first kappa shape index (κ1) is 30.3. The highest BCUT2D eigenvalue weighted by atomic mass is 16.4. The molecule has 5 unspecified atom stereocenters. The molecule has 2 rings (SSSR count). The Morgan fingerprint density at radius 3 is 2.39 bits per heavy atom. The van der Waals surface area contributed by atoms with E-state index in [4.69, 9.17) is 17.2 Å². The Morgan fingerprint density at radius 2 is 1.82 bits per heavy atom. The van der Waals surface area contributed by atoms with Crippen LogP contribution >= 0.6 is 0 Å². The monoisotopic (exact) mass is 535 g/mol. The van der Waals surface area contributed by atoms with Gasteiger partial charge in [-0.05, 0) is 50.3 Å². The molecule has 1 aromatic carbocycles. The molecule has 1 aliphatic heterocycles. The number of nitrogens with two attached hydrogens (primary N) is 3. The van der Waals surface area contributed by atoms with Gasteiger partial charge in [0, 0.05) is 19.5 Å². The van der Waals surface area contributed by atoms with Crippen LogP contribution in [0.4, 0.5) is 0 Å². The summed E-state index contributed by atoms with van der Waals surface area (Å²) in [7, 11) is 0. The van der Waals surface area contributed by atoms with Crippen molar-refractivity contribution in [3.05, 3.63) is 29.8 Å². The zero-order valence-electron chi connectivity index (χ0n) is 21.2. The smallest absolute Gasteiger partial charge is 0.326 e. The van der Waals surface area contributed by atoms with Gasteiger partial charge < -0.3 is 48.1 Å². The summed E-state index contributed by atoms with van der Waals surface area (Å²) in [6, 6.07) is 1.23. The van der Waals surface area contributed by atoms with E-state index in [0.717, 1.165) is 0 Å². The molecule has 3 amide bonds. The van der Waals surface area contributed by atoms with Gasteiger partial charge >= 0.3 is 5.97 Å². The minimum Gasteiger partial charge on any atom is -0.508 e. The second-order valence-corrected chi connectivity index (χ2v) is 9.24. The highest BCUT2D eigenvalue weighted by molar-refractivity contribution is 5.94. The van der Waals surface area contributed by atoms with Crippen molar-refractivity contribution in [2.24, 2.45) is 22.2 Å². The molecule has 0 bridgehead atoms. The van der Waals surface area contributed by atoms with Gasteiger partial charge in [0.15, 0.2) is 5.96 Å². The van der Waals surface area contributed by atoms with E-state index in [1.54, 1.807) is 0 Å². The quantitative estimate of drug-likeness (QED) is 0.0765. The number of aliphatic carboxylic acids is 1. The number of carbonyl (C=O) groups is 4. The lowest BCUT2D eigenvalue weighted by Gasteiger charge is -2.29. The number of guanidine groups is 1. The van der Waals surface area contributed by atoms with E-state index < -0.39 is 54.0 Å². The molecule has 14 nitrogen and oxygen atoms in total. The molecule has 1 aromatic rings. The van der Waals surface area contributed by atoms with Gasteiger partial charge in [0.2, 0.25) is 17.7 Å². The predicted molar refractivity (Wildman–Crippen MR) is 138 cm³/mol. The van der Waals surface area contributed by atoms with Crippen LogP contribution in [0.2, 0.25) is 0 Å². The first-order valence-corrected chi connectivity index (χ1v) is 12.3. The Labute approximate surface area is 220 Å². The average Bonchev–Trinajstić information content (AvgIpc) is 3.35. The fraction of sp³-hybridized carbons (Fsp3) is 0.542. The van der Waals surface area contributed by atoms with Gasteiger partial charge in [-0.15, -0.1) is 0 Å². The average molecular weight is 536 g/mol. The number of aliphatic hydroxyl groups is 1. The van der Waals surface area contributed by atoms with Gasteiger partial charge in [0.25, 0.3) is 0 Å². The molecule has 1 saturated heterocycles. The van der Waals surface area contributed by atoms with E-state index in [1.165, 1.54) is 36.1 Å². The molecule has 0 aliphatic carbocycles. The number of aliphatic imine (C=N–C) groups is 1. The number of carbonyl (C=O) groups excluding carboxylic acids is 3. The summed E-state index contributed by atoms with van der Waals surface area (Å²) in [6.07, 6.45) is 0.207. The summed E-state index contributed by atoms with van der Waals surface area (Å²) in [5.74, 6) is -3.35. The number of rotatable bonds is 13. The zero-order valence-corrected chi connectivity index (χ0v) is 21.2. The molecule has 1 fully saturated rings. The van der Waals surface area contributed by atoms with Crippen molar-refractivity contribution in [1.29, 1.82) is 0 Å². The molecule has 0 saturated carbocycles. The summed E-state index contributed by atoms with van der Waals surface area (Å²) in [6.45, 7) is 1.89. The standard InChI is InChI=1S/C24H37N7O7/c1-13(32)19(21(35)29-17(23(37)38)12-14-6-8-15(33)9-7-14)30-20(34)18-5-3-11-31(18)22(36)16(25)4-2-10-28-24(26)27/h6-9,13,16-19,32-33H,2-5,10-12,25H2,1H3,(H,29,35)(H,30,34)(H,37,38)(H4,26,27,28). The number of likely N-dealkylation sites (tertiary alicyclic amines) is 1. The minimum absolute atomic E-state index is 0.00730. The summed E-state index contributed by atoms with van der Waals surface area (Å²) in [4.78, 5) is 55.8. The number of nitrogens with zero attached hydrogens (tertiary/aromatic N) is 2. The molecule has 1 heterocycles. The van der Waals surface area contributed by atoms with Crippen molar-refractivity contribution in [3.8, 4) is 5.75 Å². The third-order valence-electron chi connectivity index (χ3n) is 6.18. The second kappa shape index (κ2) is 14.1. The molecule has 0 aromatic heterocycles. The SMILES string of the molecule is CC(O)C(NC(=O)C1CCCN1C(=O)C(N)CCCN=C(N)N)C(=O)NC(Cc1ccc(O)cc1)C(=O)O. The van der Waals surface area contributed by atoms with E-state index in [9.17, 15) is 34.5 Å². The lowest BCUT2D eigenvalue weighted by molar-refractivity contribution is -0.144. The normalized spacial score (nSPS) is 18.1. The van der Waals surface area contributed by atoms with E-state index in [1.807, 2.05) is 0 Å². The van der Waals surface area contributed by atoms with E-state index in [-0.39, 0.29) is 18.1 Å². The second-order valence-electron chi connectivity index (χ2n) is 9.24. The highest BCUT2D eigenvalue weighted by Crippen LogP contribution is 2.20. The van der Waals surface area contributed by atoms with Crippen LogP contribution in [0.3, 0.4) is 0 Å². The Bertz CT molecular complexity index is 1010. The van der Waals surface area contributed by atoms with Gasteiger partial charge in [-0.3, -0.25) is 19.4 Å². The number of nitrogens with one attached hydrogen (secondary N) is 2. The summed E-state index contributed by atoms with van der Waals surface area (Å²) in [5.41, 5.74) is 17.1. The van der Waals surface area contributed by atoms with Gasteiger partial charge in [-0.1, -0.05) is 12.1 Å². The lowest BCUT2D eigenvalue weighted by Crippen LogP contribution is -2.59. The van der Waals surface area contributed by atoms with Crippen molar-refractivity contribution < 1.29 is 34.5 Å². The van der Waals surface area contributed by atoms with Crippen LogP contribution in [0.1, 0.15) is 38.2 Å². The number of phenols is 1. The van der Waals surface area contributed by atoms with Crippen molar-refractivity contribution >= 4 is 29.7 Å². The molecule has 0 spiro atoms. The van der Waals surface area contributed by atoms with Crippen LogP contribution in [0, 0.1) is 0 Å². The predicted octanol–water partition coefficient (Wildman–Crippen LogP) is -2.26. The van der Waals surface area contributed by atoms with Crippen LogP contribution in [0.15, 0.2) is 29.3 Å². The van der Waals surface area contributed by atoms with Crippen LogP contribution in [-0.4, -0.2) is 93.2 Å². The molecule has 210 valence electrons. The topological polar surface area (TPSA) is 247 Å². The van der Waals surface area contributed by atoms with Gasteiger partial charge in [-0.2, -0.15) is 0 Å². The highest BCUT2D eigenvalue weighted by Gasteiger charge is 2.38. The molecular formula is C24H37N7O7. The van der Waals surface area contributed by atoms with Crippen molar-refractivity contribution in [1.82, 2.24) is 15.5 Å². The van der Waals surface area contributed by atoms with Gasteiger partial charge in [-0.25, -0.2) is 4.79 Å². The molecule has 14 heteroatoms. The summed E-state index contributed by atoms with van der Waals surface area (Å²) in [5, 5.41) is 34.0. The van der Waals surface area contributed by atoms with Gasteiger partial charge in [0.05, 0.1) is 12.1 Å². The number of carboxylic acid groups (broad SMARTS) is 1. The molecule has 5 atom stereocenters. The number of aromatic hydroxyl groups is 1. The van der Waals surface area contributed by atoms with E-state index in [0.29, 0.717) is 44.3 Å². The number of carboxylic acids is 1. The number of phenolic OH excluding ortho intramolecular Hbond substituents is 1. The van der Waals surface area contributed by atoms with Crippen LogP contribution in [0.5, 0.6) is 5.75 Å². The zero-order chi connectivity index (χ0) is 28.4. The third kappa shape index (κ3) is 8.88. The van der Waals surface area contributed by atoms with Crippen LogP contribution in [0.25, 0.3) is 0 Å². The Balaban J connectivity index is 2.03. The van der Waals surface area contributed by atoms with E-state index in [2.05, 4.69) is 15.6 Å². The van der Waals surface area contributed by atoms with Crippen molar-refractivity contribution in [3.63, 3.8) is 0 Å². The van der Waals surface area contributed by atoms with Gasteiger partial charge in [0.1, 0.15) is 23.9 Å². The Morgan fingerprint density at radius 1 is 1.16 bits per heavy atom. The minimum atomic E-state index is -1.46. The Kier molecular flexibility index (Phi) is 11.3. The number of benzene rings is 1. The molecule has 11 N–H and O–H groups in total. The first-order valence-electron chi connectivity index (χ1n) is 12.3. The van der Waals surface area contributed by atoms with Crippen LogP contribution < -0.4 is 27.8 Å². The fourth-order valence-corrected chi connectivity index (χ4v) is 4.14. The maximum atomic E-state index is 13.1. The molecular weight excluding hydrogens is 498 g/mol. The maximum Gasteiger partial charge on any atom is 0.326 e. The number of hydrogen-bond acceptors (Lipinski definition) is 8. The van der Waals surface area contributed by atoms with Crippen molar-refractivity contribution in [2.45, 2.75) is 69.3 Å². The summed E-state index contributed by atoms with van der Waals surface area (Å²) >= 11 is 0. The molecule has 38 heavy (non-hydrogen) atoms. The number of aliphatic hydroxyl groups excluding tert-OH is 1. The van der Waals surface area contributed by atoms with Crippen molar-refractivity contribution in [2.75, 3.05) is 13.1 Å². The molecule has 1 aliphatic rings. The lowest BCUT2D eigenvalue weighted by atomic mass is 10.0. The van der Waals surface area contributed by atoms with Crippen LogP contribution in [-0.2, 0) is 25.6 Å². The third-order valence-corrected chi connectivity index (χ3v) is 6.18. The number of amides is 3. The maximum absolute atomic E-state index is 13.1. The fourth-order valence-electron chi connectivity index (χ4n) is 4.14. The largest absolute Gasteiger partial charge is 0.508 e. The first-order chi connectivity index (χ1) is 17.9. The van der Waals surface area contributed by atoms with E-state index >= 15 is 0 Å². The molecule has 0 radical (unpaired) electrons. The Hall–Kier alpha value is -3.91. The number of hydrogen-bond donors (Lipinski definition) is 8. The summed E-state index contributed by atoms with van der Waals surface area (Å²) < 4.78 is 0.